The number of aromatic carboxylic acids is 1. The first-order valence-corrected chi connectivity index (χ1v) is 4.57. The second-order valence-electron chi connectivity index (χ2n) is 2.45. The molecule has 0 bridgehead atoms. The summed E-state index contributed by atoms with van der Waals surface area (Å²) >= 11 is 1.79. The molecule has 0 radical (unpaired) electrons. The van der Waals surface area contributed by atoms with Gasteiger partial charge in [-0.25, -0.2) is 4.79 Å². The molecule has 0 aliphatic rings. The second kappa shape index (κ2) is 4.27. The van der Waals surface area contributed by atoms with E-state index in [1.54, 1.807) is 22.6 Å². The molecule has 0 spiro atoms. The zero-order valence-electron chi connectivity index (χ0n) is 6.81. The van der Waals surface area contributed by atoms with E-state index >= 15 is 0 Å². The van der Waals surface area contributed by atoms with Crippen molar-refractivity contribution in [1.29, 1.82) is 0 Å². The zero-order chi connectivity index (χ0) is 10.7. The van der Waals surface area contributed by atoms with Gasteiger partial charge in [-0.3, -0.25) is 0 Å². The average molecular weight is 307 g/mol. The van der Waals surface area contributed by atoms with Gasteiger partial charge in [-0.05, 0) is 34.7 Å². The quantitative estimate of drug-likeness (QED) is 0.334. The van der Waals surface area contributed by atoms with Crippen LogP contribution >= 0.6 is 22.6 Å². The number of benzene rings is 1. The summed E-state index contributed by atoms with van der Waals surface area (Å²) in [7, 11) is 0. The van der Waals surface area contributed by atoms with Crippen LogP contribution < -0.4 is 0 Å². The number of carboxylic acid groups (broad SMARTS) is 1. The number of carboxylic acids is 1. The summed E-state index contributed by atoms with van der Waals surface area (Å²) in [4.78, 5) is 10.6. The van der Waals surface area contributed by atoms with E-state index in [0.29, 0.717) is 3.57 Å². The Hall–Kier alpha value is -1.31. The van der Waals surface area contributed by atoms with Gasteiger partial charge in [0, 0.05) is 5.56 Å². The SMILES string of the molecule is O=C(O)c1cc(I)c(O)c(/C=N/O)c1. The second-order valence-corrected chi connectivity index (χ2v) is 3.61. The van der Waals surface area contributed by atoms with E-state index in [0.717, 1.165) is 6.21 Å². The molecule has 0 saturated carbocycles. The summed E-state index contributed by atoms with van der Waals surface area (Å²) in [5.41, 5.74) is 0.193. The number of nitrogens with zero attached hydrogens (tertiary/aromatic N) is 1. The molecule has 1 rings (SSSR count). The lowest BCUT2D eigenvalue weighted by atomic mass is 10.1. The number of halogens is 1. The molecule has 0 aliphatic heterocycles. The van der Waals surface area contributed by atoms with Crippen molar-refractivity contribution in [2.24, 2.45) is 5.16 Å². The smallest absolute Gasteiger partial charge is 0.335 e. The molecule has 0 atom stereocenters. The number of oxime groups is 1. The van der Waals surface area contributed by atoms with Crippen molar-refractivity contribution < 1.29 is 20.2 Å². The fourth-order valence-corrected chi connectivity index (χ4v) is 1.55. The lowest BCUT2D eigenvalue weighted by molar-refractivity contribution is 0.0696. The normalized spacial score (nSPS) is 10.6. The third kappa shape index (κ3) is 2.13. The molecule has 0 aromatic heterocycles. The van der Waals surface area contributed by atoms with Gasteiger partial charge in [0.15, 0.2) is 0 Å². The minimum atomic E-state index is -1.10. The molecule has 74 valence electrons. The summed E-state index contributed by atoms with van der Waals surface area (Å²) < 4.78 is 0.386. The van der Waals surface area contributed by atoms with Gasteiger partial charge >= 0.3 is 5.97 Å². The van der Waals surface area contributed by atoms with Crippen molar-refractivity contribution in [2.75, 3.05) is 0 Å². The van der Waals surface area contributed by atoms with Crippen LogP contribution in [0.25, 0.3) is 0 Å². The van der Waals surface area contributed by atoms with E-state index in [2.05, 4.69) is 5.16 Å². The van der Waals surface area contributed by atoms with Crippen molar-refractivity contribution in [2.45, 2.75) is 0 Å². The summed E-state index contributed by atoms with van der Waals surface area (Å²) in [6.07, 6.45) is 0.976. The fourth-order valence-electron chi connectivity index (χ4n) is 0.904. The monoisotopic (exact) mass is 307 g/mol. The van der Waals surface area contributed by atoms with Crippen molar-refractivity contribution in [1.82, 2.24) is 0 Å². The first-order valence-electron chi connectivity index (χ1n) is 3.49. The molecule has 6 heteroatoms. The highest BCUT2D eigenvalue weighted by molar-refractivity contribution is 14.1. The summed E-state index contributed by atoms with van der Waals surface area (Å²) in [6, 6.07) is 2.55. The van der Waals surface area contributed by atoms with Crippen LogP contribution in [0.5, 0.6) is 5.75 Å². The third-order valence-electron chi connectivity index (χ3n) is 1.54. The largest absolute Gasteiger partial charge is 0.506 e. The fraction of sp³-hybridized carbons (Fsp3) is 0. The predicted molar refractivity (Wildman–Crippen MR) is 57.2 cm³/mol. The molecule has 0 saturated heterocycles. The molecule has 0 aliphatic carbocycles. The van der Waals surface area contributed by atoms with Gasteiger partial charge in [0.1, 0.15) is 5.75 Å². The topological polar surface area (TPSA) is 90.1 Å². The van der Waals surface area contributed by atoms with Crippen LogP contribution in [0.3, 0.4) is 0 Å². The summed E-state index contributed by atoms with van der Waals surface area (Å²) in [6.45, 7) is 0. The summed E-state index contributed by atoms with van der Waals surface area (Å²) in [5, 5.41) is 29.1. The Morgan fingerprint density at radius 1 is 1.50 bits per heavy atom. The maximum atomic E-state index is 10.6. The van der Waals surface area contributed by atoms with Crippen LogP contribution in [0, 0.1) is 3.57 Å². The van der Waals surface area contributed by atoms with Crippen molar-refractivity contribution >= 4 is 34.8 Å². The van der Waals surface area contributed by atoms with E-state index in [1.807, 2.05) is 0 Å². The van der Waals surface area contributed by atoms with E-state index in [-0.39, 0.29) is 16.9 Å². The van der Waals surface area contributed by atoms with E-state index in [1.165, 1.54) is 12.1 Å². The number of carbonyl (C=O) groups is 1. The molecular weight excluding hydrogens is 301 g/mol. The molecule has 14 heavy (non-hydrogen) atoms. The number of aromatic hydroxyl groups is 1. The lowest BCUT2D eigenvalue weighted by Gasteiger charge is -2.02. The molecule has 1 aromatic rings. The van der Waals surface area contributed by atoms with Gasteiger partial charge in [-0.1, -0.05) is 5.16 Å². The average Bonchev–Trinajstić information content (AvgIpc) is 2.12. The van der Waals surface area contributed by atoms with Gasteiger partial charge in [-0.15, -0.1) is 0 Å². The zero-order valence-corrected chi connectivity index (χ0v) is 8.96. The van der Waals surface area contributed by atoms with Gasteiger partial charge < -0.3 is 15.4 Å². The first kappa shape index (κ1) is 10.8. The molecule has 1 aromatic carbocycles. The Balaban J connectivity index is 3.35. The van der Waals surface area contributed by atoms with Crippen LogP contribution in [-0.2, 0) is 0 Å². The lowest BCUT2D eigenvalue weighted by Crippen LogP contribution is -1.99. The van der Waals surface area contributed by atoms with E-state index in [4.69, 9.17) is 10.3 Å². The molecule has 0 unspecified atom stereocenters. The van der Waals surface area contributed by atoms with Crippen LogP contribution in [0.4, 0.5) is 0 Å². The molecule has 0 fully saturated rings. The Labute approximate surface area is 92.8 Å². The Kier molecular flexibility index (Phi) is 3.28. The number of hydrogen-bond donors (Lipinski definition) is 3. The third-order valence-corrected chi connectivity index (χ3v) is 2.36. The standard InChI is InChI=1S/C8H6INO4/c9-6-2-4(8(12)13)1-5(3-10-14)7(6)11/h1-3,11,14H,(H,12,13)/b10-3+. The van der Waals surface area contributed by atoms with E-state index < -0.39 is 5.97 Å². The number of hydrogen-bond acceptors (Lipinski definition) is 4. The van der Waals surface area contributed by atoms with Crippen molar-refractivity contribution in [3.05, 3.63) is 26.8 Å². The van der Waals surface area contributed by atoms with E-state index in [9.17, 15) is 9.90 Å². The first-order chi connectivity index (χ1) is 6.56. The van der Waals surface area contributed by atoms with Crippen LogP contribution in [0.15, 0.2) is 17.3 Å². The Morgan fingerprint density at radius 2 is 2.14 bits per heavy atom. The Morgan fingerprint density at radius 3 is 2.64 bits per heavy atom. The number of rotatable bonds is 2. The van der Waals surface area contributed by atoms with Crippen molar-refractivity contribution in [3.8, 4) is 5.75 Å². The van der Waals surface area contributed by atoms with Crippen LogP contribution in [-0.4, -0.2) is 27.6 Å². The highest BCUT2D eigenvalue weighted by atomic mass is 127. The molecular formula is C8H6INO4. The highest BCUT2D eigenvalue weighted by Crippen LogP contribution is 2.24. The van der Waals surface area contributed by atoms with Gasteiger partial charge in [0.05, 0.1) is 15.3 Å². The molecule has 3 N–H and O–H groups in total. The van der Waals surface area contributed by atoms with Gasteiger partial charge in [0.25, 0.3) is 0 Å². The predicted octanol–water partition coefficient (Wildman–Crippen LogP) is 1.50. The highest BCUT2D eigenvalue weighted by Gasteiger charge is 2.10. The van der Waals surface area contributed by atoms with Gasteiger partial charge in [-0.2, -0.15) is 0 Å². The van der Waals surface area contributed by atoms with Crippen LogP contribution in [0.1, 0.15) is 15.9 Å². The van der Waals surface area contributed by atoms with Gasteiger partial charge in [0.2, 0.25) is 0 Å². The summed E-state index contributed by atoms with van der Waals surface area (Å²) in [5.74, 6) is -1.20. The minimum absolute atomic E-state index is 0.0297. The molecule has 0 amide bonds. The minimum Gasteiger partial charge on any atom is -0.506 e. The Bertz CT molecular complexity index is 403. The number of phenolic OH excluding ortho intramolecular Hbond substituents is 1. The maximum absolute atomic E-state index is 10.6. The van der Waals surface area contributed by atoms with Crippen molar-refractivity contribution in [3.63, 3.8) is 0 Å². The molecule has 0 heterocycles. The molecule has 5 nitrogen and oxygen atoms in total. The number of phenols is 1. The maximum Gasteiger partial charge on any atom is 0.335 e. The van der Waals surface area contributed by atoms with Crippen LogP contribution in [0.2, 0.25) is 0 Å².